The molecule has 0 radical (unpaired) electrons. The molecule has 0 aliphatic heterocycles. The third kappa shape index (κ3) is 2.70. The average Bonchev–Trinajstić information content (AvgIpc) is 2.20. The molecule has 0 aliphatic rings. The van der Waals surface area contributed by atoms with E-state index in [0.717, 1.165) is 11.1 Å². The zero-order chi connectivity index (χ0) is 12.3. The maximum absolute atomic E-state index is 12.1. The molecule has 16 heavy (non-hydrogen) atoms. The van der Waals surface area contributed by atoms with Gasteiger partial charge in [0.15, 0.2) is 5.78 Å². The third-order valence-corrected chi connectivity index (χ3v) is 2.54. The van der Waals surface area contributed by atoms with Crippen LogP contribution in [0.5, 0.6) is 0 Å². The van der Waals surface area contributed by atoms with Crippen LogP contribution in [0.1, 0.15) is 37.8 Å². The second-order valence-electron chi connectivity index (χ2n) is 5.09. The van der Waals surface area contributed by atoms with E-state index in [1.165, 1.54) is 0 Å². The molecule has 2 heteroatoms. The summed E-state index contributed by atoms with van der Waals surface area (Å²) in [6, 6.07) is 9.66. The number of hydrogen-bond donors (Lipinski definition) is 0. The summed E-state index contributed by atoms with van der Waals surface area (Å²) in [5, 5.41) is 9.11. The van der Waals surface area contributed by atoms with E-state index in [9.17, 15) is 4.79 Å². The molecule has 0 saturated carbocycles. The molecule has 1 unspecified atom stereocenters. The number of aryl methyl sites for hydroxylation is 1. The number of ketones is 1. The van der Waals surface area contributed by atoms with Crippen molar-refractivity contribution < 1.29 is 4.79 Å². The summed E-state index contributed by atoms with van der Waals surface area (Å²) in [5.41, 5.74) is 1.43. The summed E-state index contributed by atoms with van der Waals surface area (Å²) < 4.78 is 0. The van der Waals surface area contributed by atoms with Gasteiger partial charge in [0.1, 0.15) is 5.92 Å². The molecule has 84 valence electrons. The summed E-state index contributed by atoms with van der Waals surface area (Å²) in [5.74, 6) is -0.681. The first-order chi connectivity index (χ1) is 7.36. The van der Waals surface area contributed by atoms with E-state index in [-0.39, 0.29) is 5.78 Å². The van der Waals surface area contributed by atoms with Crippen LogP contribution >= 0.6 is 0 Å². The van der Waals surface area contributed by atoms with Gasteiger partial charge in [0, 0.05) is 5.41 Å². The number of benzene rings is 1. The van der Waals surface area contributed by atoms with Crippen molar-refractivity contribution in [3.63, 3.8) is 0 Å². The van der Waals surface area contributed by atoms with Crippen LogP contribution < -0.4 is 0 Å². The summed E-state index contributed by atoms with van der Waals surface area (Å²) in [4.78, 5) is 12.1. The smallest absolute Gasteiger partial charge is 0.159 e. The molecule has 0 amide bonds. The van der Waals surface area contributed by atoms with E-state index >= 15 is 0 Å². The number of rotatable bonds is 2. The molecule has 0 N–H and O–H groups in total. The zero-order valence-corrected chi connectivity index (χ0v) is 10.2. The Morgan fingerprint density at radius 1 is 1.25 bits per heavy atom. The van der Waals surface area contributed by atoms with Crippen LogP contribution in [0, 0.1) is 23.7 Å². The highest BCUT2D eigenvalue weighted by Gasteiger charge is 2.30. The Labute approximate surface area is 96.9 Å². The maximum atomic E-state index is 12.1. The van der Waals surface area contributed by atoms with E-state index in [1.807, 2.05) is 52.0 Å². The molecule has 1 aromatic rings. The summed E-state index contributed by atoms with van der Waals surface area (Å²) >= 11 is 0. The van der Waals surface area contributed by atoms with Crippen molar-refractivity contribution in [1.29, 1.82) is 5.26 Å². The second kappa shape index (κ2) is 4.49. The van der Waals surface area contributed by atoms with E-state index in [4.69, 9.17) is 5.26 Å². The SMILES string of the molecule is Cc1ccc(C(C#N)C(=O)C(C)(C)C)cc1. The lowest BCUT2D eigenvalue weighted by molar-refractivity contribution is -0.126. The lowest BCUT2D eigenvalue weighted by atomic mass is 9.80. The monoisotopic (exact) mass is 215 g/mol. The van der Waals surface area contributed by atoms with Gasteiger partial charge in [-0.05, 0) is 12.5 Å². The fraction of sp³-hybridized carbons (Fsp3) is 0.429. The number of Topliss-reactive ketones (excluding diaryl/α,β-unsaturated/α-hetero) is 1. The lowest BCUT2D eigenvalue weighted by Crippen LogP contribution is -2.26. The highest BCUT2D eigenvalue weighted by molar-refractivity contribution is 5.92. The van der Waals surface area contributed by atoms with Gasteiger partial charge < -0.3 is 0 Å². The minimum Gasteiger partial charge on any atom is -0.297 e. The van der Waals surface area contributed by atoms with E-state index in [2.05, 4.69) is 6.07 Å². The Hall–Kier alpha value is -1.62. The summed E-state index contributed by atoms with van der Waals surface area (Å²) in [6.45, 7) is 7.51. The first-order valence-electron chi connectivity index (χ1n) is 5.37. The van der Waals surface area contributed by atoms with Crippen LogP contribution in [-0.2, 0) is 4.79 Å². The van der Waals surface area contributed by atoms with Crippen molar-refractivity contribution in [3.05, 3.63) is 35.4 Å². The number of hydrogen-bond acceptors (Lipinski definition) is 2. The molecular weight excluding hydrogens is 198 g/mol. The summed E-state index contributed by atoms with van der Waals surface area (Å²) in [6.07, 6.45) is 0. The average molecular weight is 215 g/mol. The van der Waals surface area contributed by atoms with Crippen LogP contribution in [0.3, 0.4) is 0 Å². The Kier molecular flexibility index (Phi) is 3.49. The van der Waals surface area contributed by atoms with Crippen LogP contribution in [0.15, 0.2) is 24.3 Å². The molecule has 1 aromatic carbocycles. The van der Waals surface area contributed by atoms with Crippen LogP contribution in [0.25, 0.3) is 0 Å². The number of carbonyl (C=O) groups is 1. The molecule has 0 spiro atoms. The standard InChI is InChI=1S/C14H17NO/c1-10-5-7-11(8-6-10)12(9-15)13(16)14(2,3)4/h5-8,12H,1-4H3. The Balaban J connectivity index is 3.06. The van der Waals surface area contributed by atoms with Crippen LogP contribution in [0.2, 0.25) is 0 Å². The van der Waals surface area contributed by atoms with Crippen molar-refractivity contribution in [2.24, 2.45) is 5.41 Å². The number of nitriles is 1. The minimum absolute atomic E-state index is 0.0288. The van der Waals surface area contributed by atoms with Gasteiger partial charge in [0.25, 0.3) is 0 Å². The minimum atomic E-state index is -0.652. The van der Waals surface area contributed by atoms with E-state index < -0.39 is 11.3 Å². The lowest BCUT2D eigenvalue weighted by Gasteiger charge is -2.20. The molecular formula is C14H17NO. The van der Waals surface area contributed by atoms with Crippen LogP contribution in [0.4, 0.5) is 0 Å². The first-order valence-corrected chi connectivity index (χ1v) is 5.37. The predicted molar refractivity (Wildman–Crippen MR) is 64.0 cm³/mol. The predicted octanol–water partition coefficient (Wildman–Crippen LogP) is 3.22. The number of carbonyl (C=O) groups excluding carboxylic acids is 1. The van der Waals surface area contributed by atoms with E-state index in [0.29, 0.717) is 0 Å². The van der Waals surface area contributed by atoms with Crippen molar-refractivity contribution >= 4 is 5.78 Å². The molecule has 1 rings (SSSR count). The Bertz CT molecular complexity index is 418. The van der Waals surface area contributed by atoms with Gasteiger partial charge in [-0.2, -0.15) is 5.26 Å². The highest BCUT2D eigenvalue weighted by atomic mass is 16.1. The van der Waals surface area contributed by atoms with Gasteiger partial charge in [-0.25, -0.2) is 0 Å². The fourth-order valence-electron chi connectivity index (χ4n) is 1.48. The Morgan fingerprint density at radius 2 is 1.75 bits per heavy atom. The third-order valence-electron chi connectivity index (χ3n) is 2.54. The van der Waals surface area contributed by atoms with Crippen molar-refractivity contribution in [1.82, 2.24) is 0 Å². The van der Waals surface area contributed by atoms with Crippen molar-refractivity contribution in [2.45, 2.75) is 33.6 Å². The quantitative estimate of drug-likeness (QED) is 0.760. The van der Waals surface area contributed by atoms with Crippen LogP contribution in [-0.4, -0.2) is 5.78 Å². The van der Waals surface area contributed by atoms with Gasteiger partial charge >= 0.3 is 0 Å². The molecule has 0 saturated heterocycles. The van der Waals surface area contributed by atoms with Crippen molar-refractivity contribution in [3.8, 4) is 6.07 Å². The second-order valence-corrected chi connectivity index (χ2v) is 5.09. The zero-order valence-electron chi connectivity index (χ0n) is 10.2. The van der Waals surface area contributed by atoms with Crippen molar-refractivity contribution in [2.75, 3.05) is 0 Å². The highest BCUT2D eigenvalue weighted by Crippen LogP contribution is 2.27. The molecule has 0 heterocycles. The van der Waals surface area contributed by atoms with Gasteiger partial charge in [-0.3, -0.25) is 4.79 Å². The van der Waals surface area contributed by atoms with Gasteiger partial charge in [0.2, 0.25) is 0 Å². The molecule has 0 aliphatic carbocycles. The van der Waals surface area contributed by atoms with Gasteiger partial charge in [-0.15, -0.1) is 0 Å². The van der Waals surface area contributed by atoms with E-state index in [1.54, 1.807) is 0 Å². The fourth-order valence-corrected chi connectivity index (χ4v) is 1.48. The largest absolute Gasteiger partial charge is 0.297 e. The first kappa shape index (κ1) is 12.4. The summed E-state index contributed by atoms with van der Waals surface area (Å²) in [7, 11) is 0. The molecule has 1 atom stereocenters. The Morgan fingerprint density at radius 3 is 2.12 bits per heavy atom. The molecule has 2 nitrogen and oxygen atoms in total. The maximum Gasteiger partial charge on any atom is 0.159 e. The topological polar surface area (TPSA) is 40.9 Å². The molecule has 0 aromatic heterocycles. The molecule has 0 fully saturated rings. The number of nitrogens with zero attached hydrogens (tertiary/aromatic N) is 1. The molecule has 0 bridgehead atoms. The van der Waals surface area contributed by atoms with Gasteiger partial charge in [0.05, 0.1) is 6.07 Å². The van der Waals surface area contributed by atoms with Gasteiger partial charge in [-0.1, -0.05) is 50.6 Å². The normalized spacial score (nSPS) is 12.9.